The second-order valence-corrected chi connectivity index (χ2v) is 4.57. The van der Waals surface area contributed by atoms with Crippen LogP contribution in [-0.2, 0) is 14.3 Å². The molecule has 16 heavy (non-hydrogen) atoms. The molecule has 1 unspecified atom stereocenters. The van der Waals surface area contributed by atoms with Crippen LogP contribution in [0.25, 0.3) is 0 Å². The van der Waals surface area contributed by atoms with Crippen molar-refractivity contribution in [2.75, 3.05) is 19.7 Å². The SMILES string of the molecule is CCOC(=O)CC(C)N1C[C@@H](C)O[C@@H](C)C1. The average molecular weight is 229 g/mol. The number of esters is 1. The van der Waals surface area contributed by atoms with Crippen LogP contribution in [0.4, 0.5) is 0 Å². The quantitative estimate of drug-likeness (QED) is 0.684. The molecule has 0 radical (unpaired) electrons. The molecule has 3 atom stereocenters. The Morgan fingerprint density at radius 3 is 2.50 bits per heavy atom. The molecule has 0 bridgehead atoms. The molecule has 0 aromatic heterocycles. The van der Waals surface area contributed by atoms with Crippen LogP contribution in [-0.4, -0.2) is 48.8 Å². The van der Waals surface area contributed by atoms with E-state index in [2.05, 4.69) is 25.7 Å². The fraction of sp³-hybridized carbons (Fsp3) is 0.917. The number of ether oxygens (including phenoxy) is 2. The van der Waals surface area contributed by atoms with Crippen molar-refractivity contribution in [3.8, 4) is 0 Å². The van der Waals surface area contributed by atoms with Gasteiger partial charge in [0.25, 0.3) is 0 Å². The first-order valence-corrected chi connectivity index (χ1v) is 6.08. The zero-order chi connectivity index (χ0) is 12.1. The Hall–Kier alpha value is -0.610. The minimum atomic E-state index is -0.109. The van der Waals surface area contributed by atoms with Crippen LogP contribution in [0.3, 0.4) is 0 Å². The van der Waals surface area contributed by atoms with Gasteiger partial charge in [0.15, 0.2) is 0 Å². The summed E-state index contributed by atoms with van der Waals surface area (Å²) < 4.78 is 10.6. The number of nitrogens with zero attached hydrogens (tertiary/aromatic N) is 1. The lowest BCUT2D eigenvalue weighted by Gasteiger charge is -2.38. The van der Waals surface area contributed by atoms with Crippen molar-refractivity contribution in [1.82, 2.24) is 4.90 Å². The summed E-state index contributed by atoms with van der Waals surface area (Å²) in [5.74, 6) is -0.109. The van der Waals surface area contributed by atoms with Crippen molar-refractivity contribution in [1.29, 1.82) is 0 Å². The van der Waals surface area contributed by atoms with Crippen molar-refractivity contribution >= 4 is 5.97 Å². The summed E-state index contributed by atoms with van der Waals surface area (Å²) in [5.41, 5.74) is 0. The zero-order valence-electron chi connectivity index (χ0n) is 10.7. The molecule has 0 aromatic carbocycles. The smallest absolute Gasteiger partial charge is 0.307 e. The highest BCUT2D eigenvalue weighted by molar-refractivity contribution is 5.70. The van der Waals surface area contributed by atoms with Gasteiger partial charge in [0.1, 0.15) is 0 Å². The van der Waals surface area contributed by atoms with Gasteiger partial charge in [-0.1, -0.05) is 0 Å². The molecule has 0 aromatic rings. The molecule has 1 fully saturated rings. The number of hydrogen-bond donors (Lipinski definition) is 0. The van der Waals surface area contributed by atoms with Crippen LogP contribution in [0.2, 0.25) is 0 Å². The zero-order valence-corrected chi connectivity index (χ0v) is 10.7. The van der Waals surface area contributed by atoms with Crippen molar-refractivity contribution < 1.29 is 14.3 Å². The van der Waals surface area contributed by atoms with Gasteiger partial charge >= 0.3 is 5.97 Å². The van der Waals surface area contributed by atoms with E-state index in [0.717, 1.165) is 13.1 Å². The van der Waals surface area contributed by atoms with E-state index in [9.17, 15) is 4.79 Å². The van der Waals surface area contributed by atoms with Crippen molar-refractivity contribution in [2.24, 2.45) is 0 Å². The van der Waals surface area contributed by atoms with E-state index >= 15 is 0 Å². The van der Waals surface area contributed by atoms with Gasteiger partial charge < -0.3 is 9.47 Å². The van der Waals surface area contributed by atoms with Crippen LogP contribution < -0.4 is 0 Å². The van der Waals surface area contributed by atoms with Gasteiger partial charge in [0.05, 0.1) is 25.2 Å². The largest absolute Gasteiger partial charge is 0.466 e. The molecule has 1 heterocycles. The predicted molar refractivity (Wildman–Crippen MR) is 62.3 cm³/mol. The van der Waals surface area contributed by atoms with Crippen molar-refractivity contribution in [3.05, 3.63) is 0 Å². The van der Waals surface area contributed by atoms with Crippen LogP contribution in [0.5, 0.6) is 0 Å². The predicted octanol–water partition coefficient (Wildman–Crippen LogP) is 1.44. The van der Waals surface area contributed by atoms with E-state index in [1.54, 1.807) is 0 Å². The molecule has 0 saturated carbocycles. The average Bonchev–Trinajstić information content (AvgIpc) is 2.16. The highest BCUT2D eigenvalue weighted by Crippen LogP contribution is 2.15. The Morgan fingerprint density at radius 2 is 2.00 bits per heavy atom. The Morgan fingerprint density at radius 1 is 1.44 bits per heavy atom. The Bertz CT molecular complexity index is 222. The fourth-order valence-electron chi connectivity index (χ4n) is 2.17. The van der Waals surface area contributed by atoms with Gasteiger partial charge in [-0.15, -0.1) is 0 Å². The fourth-order valence-corrected chi connectivity index (χ4v) is 2.17. The monoisotopic (exact) mass is 229 g/mol. The molecule has 0 N–H and O–H groups in total. The summed E-state index contributed by atoms with van der Waals surface area (Å²) in [7, 11) is 0. The number of hydrogen-bond acceptors (Lipinski definition) is 4. The summed E-state index contributed by atoms with van der Waals surface area (Å²) in [4.78, 5) is 13.7. The van der Waals surface area contributed by atoms with Crippen LogP contribution >= 0.6 is 0 Å². The number of rotatable bonds is 4. The van der Waals surface area contributed by atoms with Gasteiger partial charge in [-0.05, 0) is 27.7 Å². The lowest BCUT2D eigenvalue weighted by molar-refractivity contribution is -0.146. The number of carbonyl (C=O) groups excluding carboxylic acids is 1. The van der Waals surface area contributed by atoms with E-state index in [0.29, 0.717) is 13.0 Å². The van der Waals surface area contributed by atoms with E-state index in [1.165, 1.54) is 0 Å². The molecule has 94 valence electrons. The first kappa shape index (κ1) is 13.5. The van der Waals surface area contributed by atoms with Gasteiger partial charge in [-0.2, -0.15) is 0 Å². The van der Waals surface area contributed by atoms with Crippen LogP contribution in [0, 0.1) is 0 Å². The van der Waals surface area contributed by atoms with Crippen LogP contribution in [0.15, 0.2) is 0 Å². The molecule has 1 rings (SSSR count). The van der Waals surface area contributed by atoms with E-state index < -0.39 is 0 Å². The minimum absolute atomic E-state index is 0.109. The topological polar surface area (TPSA) is 38.8 Å². The van der Waals surface area contributed by atoms with Gasteiger partial charge in [0.2, 0.25) is 0 Å². The Kier molecular flexibility index (Phi) is 5.22. The highest BCUT2D eigenvalue weighted by Gasteiger charge is 2.26. The molecule has 4 nitrogen and oxygen atoms in total. The number of morpholine rings is 1. The first-order chi connectivity index (χ1) is 7.52. The molecule has 0 aliphatic carbocycles. The van der Waals surface area contributed by atoms with E-state index in [1.807, 2.05) is 6.92 Å². The van der Waals surface area contributed by atoms with Crippen LogP contribution in [0.1, 0.15) is 34.1 Å². The minimum Gasteiger partial charge on any atom is -0.466 e. The maximum Gasteiger partial charge on any atom is 0.307 e. The molecule has 1 aliphatic rings. The maximum atomic E-state index is 11.4. The van der Waals surface area contributed by atoms with Gasteiger partial charge in [-0.3, -0.25) is 9.69 Å². The molecular formula is C12H23NO3. The lowest BCUT2D eigenvalue weighted by atomic mass is 10.1. The first-order valence-electron chi connectivity index (χ1n) is 6.08. The Labute approximate surface area is 97.9 Å². The van der Waals surface area contributed by atoms with Crippen molar-refractivity contribution in [3.63, 3.8) is 0 Å². The molecule has 1 saturated heterocycles. The molecule has 0 amide bonds. The summed E-state index contributed by atoms with van der Waals surface area (Å²) in [6, 6.07) is 0.229. The standard InChI is InChI=1S/C12H23NO3/c1-5-15-12(14)6-9(2)13-7-10(3)16-11(4)8-13/h9-11H,5-8H2,1-4H3/t9?,10-,11+. The Balaban J connectivity index is 2.40. The second kappa shape index (κ2) is 6.21. The summed E-state index contributed by atoms with van der Waals surface area (Å²) in [6.45, 7) is 10.3. The molecule has 1 aliphatic heterocycles. The highest BCUT2D eigenvalue weighted by atomic mass is 16.5. The summed E-state index contributed by atoms with van der Waals surface area (Å²) in [5, 5.41) is 0. The lowest BCUT2D eigenvalue weighted by Crippen LogP contribution is -2.49. The summed E-state index contributed by atoms with van der Waals surface area (Å²) >= 11 is 0. The van der Waals surface area contributed by atoms with Gasteiger partial charge in [0, 0.05) is 19.1 Å². The third kappa shape index (κ3) is 4.10. The van der Waals surface area contributed by atoms with E-state index in [4.69, 9.17) is 9.47 Å². The maximum absolute atomic E-state index is 11.4. The second-order valence-electron chi connectivity index (χ2n) is 4.57. The summed E-state index contributed by atoms with van der Waals surface area (Å²) in [6.07, 6.45) is 0.953. The normalized spacial score (nSPS) is 28.8. The van der Waals surface area contributed by atoms with E-state index in [-0.39, 0.29) is 24.2 Å². The van der Waals surface area contributed by atoms with Crippen molar-refractivity contribution in [2.45, 2.75) is 52.4 Å². The molecule has 0 spiro atoms. The molecular weight excluding hydrogens is 206 g/mol. The molecule has 4 heteroatoms. The number of carbonyl (C=O) groups is 1. The third-order valence-corrected chi connectivity index (χ3v) is 2.84. The van der Waals surface area contributed by atoms with Gasteiger partial charge in [-0.25, -0.2) is 0 Å². The third-order valence-electron chi connectivity index (χ3n) is 2.84.